The van der Waals surface area contributed by atoms with Crippen molar-refractivity contribution in [1.82, 2.24) is 9.97 Å². The minimum atomic E-state index is -0.735. The van der Waals surface area contributed by atoms with Crippen molar-refractivity contribution < 1.29 is 10.2 Å². The zero-order valence-corrected chi connectivity index (χ0v) is 9.25. The Labute approximate surface area is 93.6 Å². The van der Waals surface area contributed by atoms with Gasteiger partial charge in [-0.1, -0.05) is 12.1 Å². The maximum Gasteiger partial charge on any atom is 0.0951 e. The third-order valence-corrected chi connectivity index (χ3v) is 2.42. The second kappa shape index (κ2) is 4.15. The van der Waals surface area contributed by atoms with Gasteiger partial charge in [-0.05, 0) is 26.0 Å². The molecule has 0 radical (unpaired) electrons. The molecular weight excluding hydrogens is 204 g/mol. The summed E-state index contributed by atoms with van der Waals surface area (Å²) in [6.07, 6.45) is -1.47. The van der Waals surface area contributed by atoms with Crippen LogP contribution in [0.1, 0.15) is 37.4 Å². The van der Waals surface area contributed by atoms with E-state index in [-0.39, 0.29) is 0 Å². The van der Waals surface area contributed by atoms with Crippen molar-refractivity contribution >= 4 is 11.0 Å². The minimum Gasteiger partial charge on any atom is -0.387 e. The summed E-state index contributed by atoms with van der Waals surface area (Å²) in [7, 11) is 0. The summed E-state index contributed by atoms with van der Waals surface area (Å²) >= 11 is 0. The molecule has 1 aromatic heterocycles. The van der Waals surface area contributed by atoms with Crippen LogP contribution in [0, 0.1) is 0 Å². The number of fused-ring (bicyclic) bond motifs is 1. The minimum absolute atomic E-state index is 0.439. The van der Waals surface area contributed by atoms with Crippen LogP contribution in [0.5, 0.6) is 0 Å². The lowest BCUT2D eigenvalue weighted by molar-refractivity contribution is 0.168. The zero-order valence-electron chi connectivity index (χ0n) is 9.25. The van der Waals surface area contributed by atoms with Gasteiger partial charge in [0.1, 0.15) is 0 Å². The highest BCUT2D eigenvalue weighted by molar-refractivity contribution is 5.74. The van der Waals surface area contributed by atoms with Crippen LogP contribution in [0.25, 0.3) is 11.0 Å². The predicted octanol–water partition coefficient (Wildman–Crippen LogP) is 1.74. The maximum atomic E-state index is 9.60. The predicted molar refractivity (Wildman–Crippen MR) is 60.8 cm³/mol. The number of aromatic nitrogens is 2. The van der Waals surface area contributed by atoms with Gasteiger partial charge in [0.15, 0.2) is 0 Å². The molecule has 4 heteroatoms. The summed E-state index contributed by atoms with van der Waals surface area (Å²) in [4.78, 5) is 8.65. The first-order valence-electron chi connectivity index (χ1n) is 5.22. The van der Waals surface area contributed by atoms with E-state index in [2.05, 4.69) is 9.97 Å². The van der Waals surface area contributed by atoms with E-state index in [4.69, 9.17) is 0 Å². The lowest BCUT2D eigenvalue weighted by Crippen LogP contribution is -2.08. The van der Waals surface area contributed by atoms with Gasteiger partial charge in [0.05, 0.1) is 34.6 Å². The molecule has 0 saturated heterocycles. The zero-order chi connectivity index (χ0) is 11.7. The van der Waals surface area contributed by atoms with Crippen LogP contribution >= 0.6 is 0 Å². The van der Waals surface area contributed by atoms with Crippen molar-refractivity contribution in [1.29, 1.82) is 0 Å². The molecule has 1 aromatic carbocycles. The van der Waals surface area contributed by atoms with Crippen LogP contribution in [0.2, 0.25) is 0 Å². The fourth-order valence-corrected chi connectivity index (χ4v) is 1.64. The van der Waals surface area contributed by atoms with Gasteiger partial charge in [0.25, 0.3) is 0 Å². The van der Waals surface area contributed by atoms with Crippen LogP contribution in [0.4, 0.5) is 0 Å². The average Bonchev–Trinajstić information content (AvgIpc) is 2.27. The Hall–Kier alpha value is -1.52. The van der Waals surface area contributed by atoms with E-state index in [1.807, 2.05) is 24.3 Å². The number of para-hydroxylation sites is 2. The van der Waals surface area contributed by atoms with E-state index in [0.717, 1.165) is 11.0 Å². The molecule has 84 valence electrons. The Kier molecular flexibility index (Phi) is 2.85. The summed E-state index contributed by atoms with van der Waals surface area (Å²) in [6, 6.07) is 7.40. The number of rotatable bonds is 2. The SMILES string of the molecule is CC(O)c1nc2ccccc2nc1C(C)O. The van der Waals surface area contributed by atoms with Crippen LogP contribution in [0.15, 0.2) is 24.3 Å². The highest BCUT2D eigenvalue weighted by atomic mass is 16.3. The quantitative estimate of drug-likeness (QED) is 0.805. The summed E-state index contributed by atoms with van der Waals surface area (Å²) in [5, 5.41) is 19.2. The third kappa shape index (κ3) is 1.89. The molecule has 0 aliphatic carbocycles. The molecule has 0 amide bonds. The van der Waals surface area contributed by atoms with Crippen LogP contribution in [-0.2, 0) is 0 Å². The van der Waals surface area contributed by atoms with E-state index in [0.29, 0.717) is 11.4 Å². The van der Waals surface area contributed by atoms with Crippen LogP contribution in [0.3, 0.4) is 0 Å². The normalized spacial score (nSPS) is 15.0. The summed E-state index contributed by atoms with van der Waals surface area (Å²) in [5.41, 5.74) is 2.33. The lowest BCUT2D eigenvalue weighted by Gasteiger charge is -2.13. The maximum absolute atomic E-state index is 9.60. The smallest absolute Gasteiger partial charge is 0.0951 e. The fourth-order valence-electron chi connectivity index (χ4n) is 1.64. The van der Waals surface area contributed by atoms with Crippen molar-refractivity contribution in [2.75, 3.05) is 0 Å². The van der Waals surface area contributed by atoms with Crippen molar-refractivity contribution in [3.63, 3.8) is 0 Å². The van der Waals surface area contributed by atoms with Crippen molar-refractivity contribution in [3.05, 3.63) is 35.7 Å². The Morgan fingerprint density at radius 2 is 1.25 bits per heavy atom. The Morgan fingerprint density at radius 3 is 1.56 bits per heavy atom. The second-order valence-corrected chi connectivity index (χ2v) is 3.83. The number of hydrogen-bond donors (Lipinski definition) is 2. The van der Waals surface area contributed by atoms with Gasteiger partial charge in [-0.15, -0.1) is 0 Å². The van der Waals surface area contributed by atoms with E-state index in [9.17, 15) is 10.2 Å². The molecule has 0 aliphatic rings. The molecule has 0 bridgehead atoms. The van der Waals surface area contributed by atoms with Gasteiger partial charge in [-0.3, -0.25) is 0 Å². The second-order valence-electron chi connectivity index (χ2n) is 3.83. The fraction of sp³-hybridized carbons (Fsp3) is 0.333. The number of aliphatic hydroxyl groups is 2. The number of nitrogens with zero attached hydrogens (tertiary/aromatic N) is 2. The number of hydrogen-bond acceptors (Lipinski definition) is 4. The molecule has 4 nitrogen and oxygen atoms in total. The first kappa shape index (κ1) is 11.0. The van der Waals surface area contributed by atoms with E-state index >= 15 is 0 Å². The third-order valence-electron chi connectivity index (χ3n) is 2.42. The Morgan fingerprint density at radius 1 is 0.875 bits per heavy atom. The highest BCUT2D eigenvalue weighted by Gasteiger charge is 2.16. The molecule has 2 N–H and O–H groups in total. The van der Waals surface area contributed by atoms with Gasteiger partial charge in [0.2, 0.25) is 0 Å². The molecule has 0 spiro atoms. The van der Waals surface area contributed by atoms with E-state index in [1.165, 1.54) is 0 Å². The van der Waals surface area contributed by atoms with Crippen molar-refractivity contribution in [2.24, 2.45) is 0 Å². The van der Waals surface area contributed by atoms with Gasteiger partial charge in [-0.2, -0.15) is 0 Å². The molecule has 1 heterocycles. The first-order chi connectivity index (χ1) is 7.59. The summed E-state index contributed by atoms with van der Waals surface area (Å²) in [5.74, 6) is 0. The monoisotopic (exact) mass is 218 g/mol. The lowest BCUT2D eigenvalue weighted by atomic mass is 10.1. The summed E-state index contributed by atoms with van der Waals surface area (Å²) < 4.78 is 0. The first-order valence-corrected chi connectivity index (χ1v) is 5.22. The number of benzene rings is 1. The molecule has 0 fully saturated rings. The molecule has 2 rings (SSSR count). The molecule has 2 atom stereocenters. The molecule has 2 unspecified atom stereocenters. The Balaban J connectivity index is 2.71. The van der Waals surface area contributed by atoms with Crippen LogP contribution < -0.4 is 0 Å². The highest BCUT2D eigenvalue weighted by Crippen LogP contribution is 2.22. The molecule has 16 heavy (non-hydrogen) atoms. The van der Waals surface area contributed by atoms with E-state index < -0.39 is 12.2 Å². The van der Waals surface area contributed by atoms with Gasteiger partial charge < -0.3 is 10.2 Å². The topological polar surface area (TPSA) is 66.2 Å². The Bertz CT molecular complexity index is 463. The van der Waals surface area contributed by atoms with Crippen LogP contribution in [-0.4, -0.2) is 20.2 Å². The molecule has 0 saturated carbocycles. The van der Waals surface area contributed by atoms with Gasteiger partial charge in [0, 0.05) is 0 Å². The largest absolute Gasteiger partial charge is 0.387 e. The molecule has 0 aliphatic heterocycles. The van der Waals surface area contributed by atoms with E-state index in [1.54, 1.807) is 13.8 Å². The molecule has 2 aromatic rings. The van der Waals surface area contributed by atoms with Crippen molar-refractivity contribution in [2.45, 2.75) is 26.1 Å². The standard InChI is InChI=1S/C12H14N2O2/c1-7(15)11-12(8(2)16)14-10-6-4-3-5-9(10)13-11/h3-8,15-16H,1-2H3. The van der Waals surface area contributed by atoms with Crippen molar-refractivity contribution in [3.8, 4) is 0 Å². The average molecular weight is 218 g/mol. The molecular formula is C12H14N2O2. The summed E-state index contributed by atoms with van der Waals surface area (Å²) in [6.45, 7) is 3.23. The van der Waals surface area contributed by atoms with Gasteiger partial charge >= 0.3 is 0 Å². The van der Waals surface area contributed by atoms with Gasteiger partial charge in [-0.25, -0.2) is 9.97 Å². The number of aliphatic hydroxyl groups excluding tert-OH is 2.